The Morgan fingerprint density at radius 3 is 2.23 bits per heavy atom. The number of rotatable bonds is 13. The Hall–Kier alpha value is -2.89. The SMILES string of the molecule is COc1ccc(Cl)c(Nc2ncc3c(OCCCN4CCOCC4)cc(OCCCN4CCOCC4)cc3n2)c1. The third-order valence-corrected chi connectivity index (χ3v) is 7.36. The first kappa shape index (κ1) is 28.6. The Balaban J connectivity index is 1.28. The van der Waals surface area contributed by atoms with Crippen molar-refractivity contribution in [2.75, 3.05) is 91.3 Å². The molecule has 1 aromatic heterocycles. The van der Waals surface area contributed by atoms with Gasteiger partial charge in [-0.2, -0.15) is 0 Å². The lowest BCUT2D eigenvalue weighted by molar-refractivity contribution is 0.0357. The summed E-state index contributed by atoms with van der Waals surface area (Å²) < 4.78 is 28.7. The highest BCUT2D eigenvalue weighted by Crippen LogP contribution is 2.33. The molecule has 3 aromatic rings. The van der Waals surface area contributed by atoms with E-state index in [0.717, 1.165) is 95.2 Å². The predicted molar refractivity (Wildman–Crippen MR) is 156 cm³/mol. The molecule has 216 valence electrons. The van der Waals surface area contributed by atoms with E-state index in [2.05, 4.69) is 20.1 Å². The Labute approximate surface area is 240 Å². The van der Waals surface area contributed by atoms with Crippen molar-refractivity contribution >= 4 is 34.1 Å². The number of halogens is 1. The summed E-state index contributed by atoms with van der Waals surface area (Å²) in [6.07, 6.45) is 3.62. The van der Waals surface area contributed by atoms with Crippen LogP contribution in [0.2, 0.25) is 5.02 Å². The molecule has 0 amide bonds. The molecule has 2 fully saturated rings. The van der Waals surface area contributed by atoms with Gasteiger partial charge in [0.25, 0.3) is 0 Å². The number of nitrogens with zero attached hydrogens (tertiary/aromatic N) is 4. The van der Waals surface area contributed by atoms with Crippen LogP contribution < -0.4 is 19.5 Å². The van der Waals surface area contributed by atoms with E-state index in [1.807, 2.05) is 18.2 Å². The quantitative estimate of drug-likeness (QED) is 0.300. The Bertz CT molecular complexity index is 1240. The van der Waals surface area contributed by atoms with Crippen LogP contribution in [0.15, 0.2) is 36.5 Å². The zero-order chi connectivity index (χ0) is 27.6. The third-order valence-electron chi connectivity index (χ3n) is 7.03. The zero-order valence-corrected chi connectivity index (χ0v) is 23.8. The minimum absolute atomic E-state index is 0.422. The Morgan fingerprint density at radius 1 is 0.875 bits per heavy atom. The molecule has 0 radical (unpaired) electrons. The number of methoxy groups -OCH3 is 1. The van der Waals surface area contributed by atoms with Gasteiger partial charge in [-0.25, -0.2) is 9.97 Å². The summed E-state index contributed by atoms with van der Waals surface area (Å²) >= 11 is 6.39. The molecule has 0 spiro atoms. The van der Waals surface area contributed by atoms with Crippen molar-refractivity contribution in [3.63, 3.8) is 0 Å². The summed E-state index contributed by atoms with van der Waals surface area (Å²) in [4.78, 5) is 14.1. The molecule has 0 saturated carbocycles. The van der Waals surface area contributed by atoms with Crippen LogP contribution in [-0.2, 0) is 9.47 Å². The fraction of sp³-hybridized carbons (Fsp3) is 0.517. The number of hydrogen-bond acceptors (Lipinski definition) is 10. The van der Waals surface area contributed by atoms with E-state index in [1.54, 1.807) is 25.4 Å². The van der Waals surface area contributed by atoms with Crippen molar-refractivity contribution in [1.82, 2.24) is 19.8 Å². The standard InChI is InChI=1S/C29H38ClN5O5/c1-36-22-4-5-25(30)27(18-22)33-29-31-21-24-26(32-29)19-23(39-12-2-6-34-8-14-37-15-9-34)20-28(24)40-13-3-7-35-10-16-38-17-11-35/h4-5,18-21H,2-3,6-17H2,1H3,(H,31,32,33). The lowest BCUT2D eigenvalue weighted by Crippen LogP contribution is -2.37. The molecule has 0 bridgehead atoms. The first-order valence-corrected chi connectivity index (χ1v) is 14.3. The number of morpholine rings is 2. The van der Waals surface area contributed by atoms with E-state index >= 15 is 0 Å². The summed E-state index contributed by atoms with van der Waals surface area (Å²) in [5.41, 5.74) is 1.39. The van der Waals surface area contributed by atoms with Gasteiger partial charge in [0.1, 0.15) is 17.2 Å². The second-order valence-electron chi connectivity index (χ2n) is 9.83. The molecule has 2 saturated heterocycles. The number of aromatic nitrogens is 2. The average molecular weight is 572 g/mol. The molecule has 0 unspecified atom stereocenters. The summed E-state index contributed by atoms with van der Waals surface area (Å²) in [7, 11) is 1.62. The first-order chi connectivity index (χ1) is 19.7. The van der Waals surface area contributed by atoms with Crippen molar-refractivity contribution in [2.45, 2.75) is 12.8 Å². The summed E-state index contributed by atoms with van der Waals surface area (Å²) in [5, 5.41) is 4.58. The second kappa shape index (κ2) is 14.7. The fourth-order valence-corrected chi connectivity index (χ4v) is 4.95. The third kappa shape index (κ3) is 8.08. The molecule has 10 nitrogen and oxygen atoms in total. The van der Waals surface area contributed by atoms with E-state index < -0.39 is 0 Å². The maximum atomic E-state index is 6.39. The van der Waals surface area contributed by atoms with Crippen molar-refractivity contribution in [2.24, 2.45) is 0 Å². The van der Waals surface area contributed by atoms with Gasteiger partial charge in [-0.1, -0.05) is 11.6 Å². The molecule has 1 N–H and O–H groups in total. The van der Waals surface area contributed by atoms with E-state index in [-0.39, 0.29) is 0 Å². The van der Waals surface area contributed by atoms with Crippen LogP contribution in [0.3, 0.4) is 0 Å². The van der Waals surface area contributed by atoms with Gasteiger partial charge >= 0.3 is 0 Å². The van der Waals surface area contributed by atoms with E-state index in [0.29, 0.717) is 41.4 Å². The normalized spacial score (nSPS) is 16.6. The minimum Gasteiger partial charge on any atom is -0.497 e. The maximum absolute atomic E-state index is 6.39. The van der Waals surface area contributed by atoms with E-state index in [1.165, 1.54) is 0 Å². The van der Waals surface area contributed by atoms with Crippen LogP contribution in [-0.4, -0.2) is 106 Å². The van der Waals surface area contributed by atoms with Gasteiger partial charge in [0, 0.05) is 63.7 Å². The highest BCUT2D eigenvalue weighted by Gasteiger charge is 2.14. The molecule has 40 heavy (non-hydrogen) atoms. The van der Waals surface area contributed by atoms with Crippen LogP contribution in [0, 0.1) is 0 Å². The monoisotopic (exact) mass is 571 g/mol. The molecule has 2 aliphatic heterocycles. The van der Waals surface area contributed by atoms with Gasteiger partial charge in [-0.15, -0.1) is 0 Å². The van der Waals surface area contributed by atoms with Crippen LogP contribution in [0.5, 0.6) is 17.2 Å². The summed E-state index contributed by atoms with van der Waals surface area (Å²) in [5.74, 6) is 2.55. The zero-order valence-electron chi connectivity index (χ0n) is 23.1. The fourth-order valence-electron chi connectivity index (χ4n) is 4.79. The lowest BCUT2D eigenvalue weighted by Gasteiger charge is -2.26. The smallest absolute Gasteiger partial charge is 0.227 e. The number of hydrogen-bond donors (Lipinski definition) is 1. The number of benzene rings is 2. The molecule has 5 rings (SSSR count). The number of fused-ring (bicyclic) bond motifs is 1. The molecular weight excluding hydrogens is 534 g/mol. The summed E-state index contributed by atoms with van der Waals surface area (Å²) in [6, 6.07) is 9.27. The van der Waals surface area contributed by atoms with Crippen LogP contribution in [0.25, 0.3) is 10.9 Å². The topological polar surface area (TPSA) is 90.4 Å². The summed E-state index contributed by atoms with van der Waals surface area (Å²) in [6.45, 7) is 10.2. The highest BCUT2D eigenvalue weighted by molar-refractivity contribution is 6.33. The maximum Gasteiger partial charge on any atom is 0.227 e. The van der Waals surface area contributed by atoms with Crippen LogP contribution in [0.4, 0.5) is 11.6 Å². The number of ether oxygens (including phenoxy) is 5. The predicted octanol–water partition coefficient (Wildman–Crippen LogP) is 4.24. The molecular formula is C29H38ClN5O5. The van der Waals surface area contributed by atoms with Gasteiger partial charge in [0.2, 0.25) is 5.95 Å². The van der Waals surface area contributed by atoms with Gasteiger partial charge in [-0.3, -0.25) is 9.80 Å². The molecule has 2 aromatic carbocycles. The number of anilines is 2. The Morgan fingerprint density at radius 2 is 1.55 bits per heavy atom. The minimum atomic E-state index is 0.422. The Kier molecular flexibility index (Phi) is 10.5. The largest absolute Gasteiger partial charge is 0.497 e. The van der Waals surface area contributed by atoms with E-state index in [9.17, 15) is 0 Å². The number of nitrogens with one attached hydrogen (secondary N) is 1. The first-order valence-electron chi connectivity index (χ1n) is 13.9. The molecule has 0 atom stereocenters. The molecule has 11 heteroatoms. The molecule has 3 heterocycles. The lowest BCUT2D eigenvalue weighted by atomic mass is 10.2. The van der Waals surface area contributed by atoms with Crippen molar-refractivity contribution in [1.29, 1.82) is 0 Å². The second-order valence-corrected chi connectivity index (χ2v) is 10.2. The molecule has 2 aliphatic rings. The van der Waals surface area contributed by atoms with Crippen LogP contribution >= 0.6 is 11.6 Å². The highest BCUT2D eigenvalue weighted by atomic mass is 35.5. The van der Waals surface area contributed by atoms with Crippen molar-refractivity contribution in [3.05, 3.63) is 41.6 Å². The van der Waals surface area contributed by atoms with Gasteiger partial charge in [0.15, 0.2) is 0 Å². The van der Waals surface area contributed by atoms with E-state index in [4.69, 9.17) is 40.3 Å². The van der Waals surface area contributed by atoms with Gasteiger partial charge < -0.3 is 29.0 Å². The van der Waals surface area contributed by atoms with Crippen molar-refractivity contribution < 1.29 is 23.7 Å². The molecule has 0 aliphatic carbocycles. The average Bonchev–Trinajstić information content (AvgIpc) is 2.99. The van der Waals surface area contributed by atoms with Crippen molar-refractivity contribution in [3.8, 4) is 17.2 Å². The van der Waals surface area contributed by atoms with Gasteiger partial charge in [0.05, 0.1) is 68.4 Å². The van der Waals surface area contributed by atoms with Crippen LogP contribution in [0.1, 0.15) is 12.8 Å². The van der Waals surface area contributed by atoms with Gasteiger partial charge in [-0.05, 0) is 25.0 Å².